The van der Waals surface area contributed by atoms with Gasteiger partial charge in [0, 0.05) is 13.3 Å². The van der Waals surface area contributed by atoms with Gasteiger partial charge in [0.1, 0.15) is 16.8 Å². The van der Waals surface area contributed by atoms with Crippen molar-refractivity contribution in [2.75, 3.05) is 12.4 Å². The monoisotopic (exact) mass is 334 g/mol. The molecule has 1 aromatic carbocycles. The number of anilines is 1. The van der Waals surface area contributed by atoms with Gasteiger partial charge in [-0.2, -0.15) is 0 Å². The number of rotatable bonds is 6. The maximum atomic E-state index is 11.9. The van der Waals surface area contributed by atoms with E-state index in [-0.39, 0.29) is 11.8 Å². The highest BCUT2D eigenvalue weighted by molar-refractivity contribution is 7.15. The van der Waals surface area contributed by atoms with Crippen LogP contribution in [0.3, 0.4) is 0 Å². The van der Waals surface area contributed by atoms with Gasteiger partial charge in [0.2, 0.25) is 16.9 Å². The van der Waals surface area contributed by atoms with Crippen molar-refractivity contribution in [1.29, 1.82) is 0 Å². The SMILES string of the molecule is COc1cccc(Cc2nnc(NC(=O)C(C)NC(C)=O)s2)c1. The minimum atomic E-state index is -0.627. The molecule has 0 radical (unpaired) electrons. The summed E-state index contributed by atoms with van der Waals surface area (Å²) in [7, 11) is 1.62. The Morgan fingerprint density at radius 1 is 1.35 bits per heavy atom. The molecule has 1 atom stereocenters. The van der Waals surface area contributed by atoms with Gasteiger partial charge in [-0.3, -0.25) is 14.9 Å². The summed E-state index contributed by atoms with van der Waals surface area (Å²) in [6, 6.07) is 7.06. The number of carbonyl (C=O) groups is 2. The Kier molecular flexibility index (Phi) is 5.64. The predicted octanol–water partition coefficient (Wildman–Crippen LogP) is 1.60. The van der Waals surface area contributed by atoms with Crippen molar-refractivity contribution >= 4 is 28.3 Å². The van der Waals surface area contributed by atoms with Crippen molar-refractivity contribution < 1.29 is 14.3 Å². The van der Waals surface area contributed by atoms with Crippen LogP contribution in [0.1, 0.15) is 24.4 Å². The van der Waals surface area contributed by atoms with E-state index >= 15 is 0 Å². The molecule has 2 N–H and O–H groups in total. The Morgan fingerprint density at radius 2 is 2.13 bits per heavy atom. The van der Waals surface area contributed by atoms with E-state index in [9.17, 15) is 9.59 Å². The number of methoxy groups -OCH3 is 1. The molecular weight excluding hydrogens is 316 g/mol. The van der Waals surface area contributed by atoms with Gasteiger partial charge in [-0.05, 0) is 24.6 Å². The molecule has 0 fully saturated rings. The van der Waals surface area contributed by atoms with E-state index in [2.05, 4.69) is 20.8 Å². The second-order valence-electron chi connectivity index (χ2n) is 4.94. The van der Waals surface area contributed by atoms with E-state index in [4.69, 9.17) is 4.74 Å². The van der Waals surface area contributed by atoms with E-state index in [1.807, 2.05) is 24.3 Å². The van der Waals surface area contributed by atoms with Gasteiger partial charge >= 0.3 is 0 Å². The van der Waals surface area contributed by atoms with Crippen LogP contribution in [0.25, 0.3) is 0 Å². The van der Waals surface area contributed by atoms with Crippen molar-refractivity contribution in [3.63, 3.8) is 0 Å². The van der Waals surface area contributed by atoms with Crippen molar-refractivity contribution in [3.8, 4) is 5.75 Å². The Balaban J connectivity index is 1.97. The lowest BCUT2D eigenvalue weighted by Crippen LogP contribution is -2.40. The number of aromatic nitrogens is 2. The zero-order chi connectivity index (χ0) is 16.8. The average molecular weight is 334 g/mol. The second-order valence-corrected chi connectivity index (χ2v) is 6.00. The summed E-state index contributed by atoms with van der Waals surface area (Å²) < 4.78 is 5.18. The fourth-order valence-corrected chi connectivity index (χ4v) is 2.69. The molecule has 7 nitrogen and oxygen atoms in total. The van der Waals surface area contributed by atoms with Crippen molar-refractivity contribution in [2.45, 2.75) is 26.3 Å². The summed E-state index contributed by atoms with van der Waals surface area (Å²) >= 11 is 1.30. The molecule has 0 aliphatic carbocycles. The molecule has 1 aromatic heterocycles. The number of nitrogens with one attached hydrogen (secondary N) is 2. The third-order valence-electron chi connectivity index (χ3n) is 3.00. The molecular formula is C15H18N4O3S. The van der Waals surface area contributed by atoms with Crippen LogP contribution in [0.15, 0.2) is 24.3 Å². The molecule has 2 aromatic rings. The smallest absolute Gasteiger partial charge is 0.248 e. The number of benzene rings is 1. The first kappa shape index (κ1) is 16.9. The molecule has 1 unspecified atom stereocenters. The van der Waals surface area contributed by atoms with Gasteiger partial charge in [-0.25, -0.2) is 0 Å². The van der Waals surface area contributed by atoms with Crippen molar-refractivity contribution in [1.82, 2.24) is 15.5 Å². The Hall–Kier alpha value is -2.48. The molecule has 0 saturated heterocycles. The van der Waals surface area contributed by atoms with Gasteiger partial charge in [0.25, 0.3) is 0 Å². The van der Waals surface area contributed by atoms with Gasteiger partial charge in [0.15, 0.2) is 0 Å². The van der Waals surface area contributed by atoms with Crippen LogP contribution in [-0.4, -0.2) is 35.2 Å². The molecule has 0 spiro atoms. The quantitative estimate of drug-likeness (QED) is 0.837. The highest BCUT2D eigenvalue weighted by atomic mass is 32.1. The van der Waals surface area contributed by atoms with Crippen LogP contribution in [0.5, 0.6) is 5.75 Å². The first-order chi connectivity index (χ1) is 11.0. The number of hydrogen-bond donors (Lipinski definition) is 2. The van der Waals surface area contributed by atoms with Crippen molar-refractivity contribution in [3.05, 3.63) is 34.8 Å². The molecule has 0 bridgehead atoms. The maximum Gasteiger partial charge on any atom is 0.248 e. The molecule has 122 valence electrons. The van der Waals surface area contributed by atoms with Crippen LogP contribution in [0.4, 0.5) is 5.13 Å². The van der Waals surface area contributed by atoms with Crippen molar-refractivity contribution in [2.24, 2.45) is 0 Å². The zero-order valence-electron chi connectivity index (χ0n) is 13.1. The fraction of sp³-hybridized carbons (Fsp3) is 0.333. The third kappa shape index (κ3) is 5.03. The topological polar surface area (TPSA) is 93.2 Å². The largest absolute Gasteiger partial charge is 0.497 e. The van der Waals surface area contributed by atoms with Gasteiger partial charge < -0.3 is 10.1 Å². The summed E-state index contributed by atoms with van der Waals surface area (Å²) in [4.78, 5) is 22.8. The Bertz CT molecular complexity index is 702. The lowest BCUT2D eigenvalue weighted by molar-refractivity contribution is -0.124. The predicted molar refractivity (Wildman–Crippen MR) is 87.6 cm³/mol. The standard InChI is InChI=1S/C15H18N4O3S/c1-9(16-10(2)20)14(21)17-15-19-18-13(23-15)8-11-5-4-6-12(7-11)22-3/h4-7,9H,8H2,1-3H3,(H,16,20)(H,17,19,21). The highest BCUT2D eigenvalue weighted by Crippen LogP contribution is 2.21. The summed E-state index contributed by atoms with van der Waals surface area (Å²) in [5, 5.41) is 14.4. The van der Waals surface area contributed by atoms with Crippen LogP contribution in [-0.2, 0) is 16.0 Å². The lowest BCUT2D eigenvalue weighted by Gasteiger charge is -2.10. The first-order valence-corrected chi connectivity index (χ1v) is 7.83. The summed E-state index contributed by atoms with van der Waals surface area (Å²) in [5.41, 5.74) is 1.05. The molecule has 2 rings (SSSR count). The van der Waals surface area contributed by atoms with Gasteiger partial charge in [-0.1, -0.05) is 23.5 Å². The number of ether oxygens (including phenoxy) is 1. The third-order valence-corrected chi connectivity index (χ3v) is 3.84. The molecule has 2 amide bonds. The number of amides is 2. The summed E-state index contributed by atoms with van der Waals surface area (Å²) in [6.45, 7) is 2.97. The number of nitrogens with zero attached hydrogens (tertiary/aromatic N) is 2. The minimum absolute atomic E-state index is 0.261. The summed E-state index contributed by atoms with van der Waals surface area (Å²) in [5.74, 6) is 0.192. The fourth-order valence-electron chi connectivity index (χ4n) is 1.92. The second kappa shape index (κ2) is 7.68. The average Bonchev–Trinajstić information content (AvgIpc) is 2.93. The molecule has 1 heterocycles. The lowest BCUT2D eigenvalue weighted by atomic mass is 10.1. The van der Waals surface area contributed by atoms with E-state index in [1.54, 1.807) is 14.0 Å². The molecule has 23 heavy (non-hydrogen) atoms. The molecule has 0 aliphatic rings. The normalized spacial score (nSPS) is 11.6. The maximum absolute atomic E-state index is 11.9. The van der Waals surface area contributed by atoms with Crippen LogP contribution < -0.4 is 15.4 Å². The van der Waals surface area contributed by atoms with Crippen LogP contribution >= 0.6 is 11.3 Å². The molecule has 8 heteroatoms. The Morgan fingerprint density at radius 3 is 2.83 bits per heavy atom. The van der Waals surface area contributed by atoms with E-state index < -0.39 is 6.04 Å². The highest BCUT2D eigenvalue weighted by Gasteiger charge is 2.16. The number of hydrogen-bond acceptors (Lipinski definition) is 6. The summed E-state index contributed by atoms with van der Waals surface area (Å²) in [6.07, 6.45) is 0.603. The minimum Gasteiger partial charge on any atom is -0.497 e. The van der Waals surface area contributed by atoms with Gasteiger partial charge in [-0.15, -0.1) is 10.2 Å². The zero-order valence-corrected chi connectivity index (χ0v) is 13.9. The van der Waals surface area contributed by atoms with Gasteiger partial charge in [0.05, 0.1) is 7.11 Å². The van der Waals surface area contributed by atoms with Crippen LogP contribution in [0.2, 0.25) is 0 Å². The molecule has 0 saturated carbocycles. The van der Waals surface area contributed by atoms with Crippen LogP contribution in [0, 0.1) is 0 Å². The molecule has 0 aliphatic heterocycles. The number of carbonyl (C=O) groups excluding carboxylic acids is 2. The Labute approximate surface area is 138 Å². The van der Waals surface area contributed by atoms with E-state index in [1.165, 1.54) is 18.3 Å². The van der Waals surface area contributed by atoms with E-state index in [0.717, 1.165) is 16.3 Å². The first-order valence-electron chi connectivity index (χ1n) is 7.01. The van der Waals surface area contributed by atoms with E-state index in [0.29, 0.717) is 11.6 Å².